The highest BCUT2D eigenvalue weighted by Crippen LogP contribution is 2.42. The molecule has 5 N–H and O–H groups in total. The van der Waals surface area contributed by atoms with Crippen molar-refractivity contribution in [2.45, 2.75) is 37.2 Å². The number of benzene rings is 2. The van der Waals surface area contributed by atoms with E-state index in [-0.39, 0.29) is 11.3 Å². The molecule has 3 rings (SSSR count). The Balaban J connectivity index is 2.05. The van der Waals surface area contributed by atoms with E-state index in [2.05, 4.69) is 11.8 Å². The Kier molecular flexibility index (Phi) is 6.08. The fraction of sp³-hybridized carbons (Fsp3) is 0.304. The average molecular weight is 452 g/mol. The maximum Gasteiger partial charge on any atom is 0.438 e. The van der Waals surface area contributed by atoms with Gasteiger partial charge in [-0.3, -0.25) is 0 Å². The van der Waals surface area contributed by atoms with Crippen molar-refractivity contribution in [1.29, 1.82) is 0 Å². The molecule has 9 heteroatoms. The van der Waals surface area contributed by atoms with Crippen molar-refractivity contribution in [2.24, 2.45) is 5.92 Å². The molecular weight excluding hydrogens is 434 g/mol. The predicted molar refractivity (Wildman–Crippen MR) is 109 cm³/mol. The molecule has 0 aromatic heterocycles. The van der Waals surface area contributed by atoms with Crippen LogP contribution in [0, 0.1) is 29.6 Å². The largest absolute Gasteiger partial charge is 0.438 e. The summed E-state index contributed by atoms with van der Waals surface area (Å²) in [6.45, 7) is 0. The molecule has 0 atom stereocenters. The maximum atomic E-state index is 12.9. The van der Waals surface area contributed by atoms with Gasteiger partial charge in [0.25, 0.3) is 0 Å². The van der Waals surface area contributed by atoms with Crippen molar-refractivity contribution in [1.82, 2.24) is 0 Å². The van der Waals surface area contributed by atoms with Crippen LogP contribution in [-0.2, 0) is 0 Å². The summed E-state index contributed by atoms with van der Waals surface area (Å²) in [7, 11) is 0. The first kappa shape index (κ1) is 23.4. The van der Waals surface area contributed by atoms with Crippen molar-refractivity contribution in [2.75, 3.05) is 11.5 Å². The first-order valence-electron chi connectivity index (χ1n) is 9.49. The van der Waals surface area contributed by atoms with E-state index in [0.29, 0.717) is 28.3 Å². The van der Waals surface area contributed by atoms with Gasteiger partial charge in [0.05, 0.1) is 0 Å². The van der Waals surface area contributed by atoms with Crippen LogP contribution in [0.25, 0.3) is 11.1 Å². The zero-order chi connectivity index (χ0) is 23.7. The Morgan fingerprint density at radius 2 is 1.53 bits per heavy atom. The Labute approximate surface area is 180 Å². The molecule has 0 spiro atoms. The summed E-state index contributed by atoms with van der Waals surface area (Å²) in [5.41, 5.74) is 7.79. The minimum atomic E-state index is -6.05. The number of hydrogen-bond acceptors (Lipinski definition) is 3. The van der Waals surface area contributed by atoms with Gasteiger partial charge < -0.3 is 16.6 Å². The number of nitrogen functional groups attached to an aromatic ring is 2. The molecule has 3 nitrogen and oxygen atoms in total. The third-order valence-corrected chi connectivity index (χ3v) is 4.92. The second-order valence-corrected chi connectivity index (χ2v) is 7.51. The zero-order valence-corrected chi connectivity index (χ0v) is 16.5. The third-order valence-electron chi connectivity index (χ3n) is 4.92. The zero-order valence-electron chi connectivity index (χ0n) is 16.5. The highest BCUT2D eigenvalue weighted by atomic mass is 19.4. The van der Waals surface area contributed by atoms with Crippen molar-refractivity contribution < 1.29 is 31.4 Å². The monoisotopic (exact) mass is 452 g/mol. The summed E-state index contributed by atoms with van der Waals surface area (Å²) in [4.78, 5) is 0. The summed E-state index contributed by atoms with van der Waals surface area (Å²) < 4.78 is 77.4. The predicted octanol–water partition coefficient (Wildman–Crippen LogP) is 4.88. The molecule has 2 aromatic rings. The van der Waals surface area contributed by atoms with Crippen molar-refractivity contribution in [3.63, 3.8) is 0 Å². The van der Waals surface area contributed by atoms with Gasteiger partial charge in [0.2, 0.25) is 0 Å². The lowest BCUT2D eigenvalue weighted by Crippen LogP contribution is -2.55. The van der Waals surface area contributed by atoms with E-state index in [9.17, 15) is 31.4 Å². The Morgan fingerprint density at radius 1 is 0.875 bits per heavy atom. The molecule has 0 bridgehead atoms. The SMILES string of the molecule is Nc1ccc(C#CCC2CC2)c(-c2ccc(N)c(C#CC(O)(C(F)(F)F)C(F)(F)F)c2)c1. The minimum Gasteiger partial charge on any atom is -0.399 e. The summed E-state index contributed by atoms with van der Waals surface area (Å²) in [5.74, 6) is 9.34. The fourth-order valence-corrected chi connectivity index (χ4v) is 2.81. The van der Waals surface area contributed by atoms with E-state index in [1.165, 1.54) is 18.2 Å². The number of alkyl halides is 6. The number of nitrogens with two attached hydrogens (primary N) is 2. The molecule has 168 valence electrons. The van der Waals surface area contributed by atoms with Gasteiger partial charge in [-0.05, 0) is 66.1 Å². The summed E-state index contributed by atoms with van der Waals surface area (Å²) >= 11 is 0. The maximum absolute atomic E-state index is 12.9. The van der Waals surface area contributed by atoms with Crippen LogP contribution in [0.2, 0.25) is 0 Å². The van der Waals surface area contributed by atoms with Crippen molar-refractivity contribution in [3.8, 4) is 34.8 Å². The quantitative estimate of drug-likeness (QED) is 0.346. The lowest BCUT2D eigenvalue weighted by Gasteiger charge is -2.27. The van der Waals surface area contributed by atoms with Crippen LogP contribution in [-0.4, -0.2) is 23.1 Å². The molecule has 0 heterocycles. The van der Waals surface area contributed by atoms with E-state index in [1.807, 2.05) is 0 Å². The average Bonchev–Trinajstić information content (AvgIpc) is 3.51. The fourth-order valence-electron chi connectivity index (χ4n) is 2.81. The highest BCUT2D eigenvalue weighted by molar-refractivity contribution is 5.77. The van der Waals surface area contributed by atoms with Crippen molar-refractivity contribution in [3.05, 3.63) is 47.5 Å². The topological polar surface area (TPSA) is 72.3 Å². The number of hydrogen-bond donors (Lipinski definition) is 3. The van der Waals surface area contributed by atoms with Crippen molar-refractivity contribution >= 4 is 11.4 Å². The number of halogens is 6. The van der Waals surface area contributed by atoms with Gasteiger partial charge in [-0.25, -0.2) is 0 Å². The lowest BCUT2D eigenvalue weighted by molar-refractivity contribution is -0.343. The van der Waals surface area contributed by atoms with Crippen LogP contribution in [0.1, 0.15) is 30.4 Å². The van der Waals surface area contributed by atoms with E-state index in [1.54, 1.807) is 24.1 Å². The minimum absolute atomic E-state index is 0.154. The standard InChI is InChI=1S/C23H18F6N2O/c24-22(25,26)21(32,23(27,28)29)11-10-17-12-16(7-9-20(17)31)19-13-18(30)8-6-15(19)3-1-2-14-4-5-14/h6-9,12-14,32H,2,4-5,30-31H2. The molecule has 2 aromatic carbocycles. The molecule has 1 fully saturated rings. The normalized spacial score (nSPS) is 14.2. The number of aliphatic hydroxyl groups is 1. The highest BCUT2D eigenvalue weighted by Gasteiger charge is 2.70. The number of rotatable bonds is 2. The van der Waals surface area contributed by atoms with Gasteiger partial charge in [0.15, 0.2) is 0 Å². The van der Waals surface area contributed by atoms with Crippen LogP contribution in [0.5, 0.6) is 0 Å². The molecule has 0 amide bonds. The van der Waals surface area contributed by atoms with Crippen LogP contribution < -0.4 is 11.5 Å². The van der Waals surface area contributed by atoms with E-state index in [4.69, 9.17) is 11.5 Å². The van der Waals surface area contributed by atoms with Crippen LogP contribution in [0.15, 0.2) is 36.4 Å². The Morgan fingerprint density at radius 3 is 2.12 bits per heavy atom. The van der Waals surface area contributed by atoms with Crippen LogP contribution in [0.4, 0.5) is 37.7 Å². The van der Waals surface area contributed by atoms with Gasteiger partial charge in [0.1, 0.15) is 0 Å². The van der Waals surface area contributed by atoms with E-state index >= 15 is 0 Å². The molecule has 0 radical (unpaired) electrons. The molecule has 1 saturated carbocycles. The Bertz CT molecular complexity index is 1130. The summed E-state index contributed by atoms with van der Waals surface area (Å²) in [6.07, 6.45) is -9.11. The summed E-state index contributed by atoms with van der Waals surface area (Å²) in [6, 6.07) is 8.96. The molecule has 0 unspecified atom stereocenters. The Hall–Kier alpha value is -3.30. The smallest absolute Gasteiger partial charge is 0.399 e. The first-order chi connectivity index (χ1) is 14.8. The second kappa shape index (κ2) is 8.33. The van der Waals surface area contributed by atoms with Gasteiger partial charge in [-0.1, -0.05) is 23.8 Å². The molecular formula is C23H18F6N2O. The molecule has 32 heavy (non-hydrogen) atoms. The first-order valence-corrected chi connectivity index (χ1v) is 9.49. The van der Waals surface area contributed by atoms with Gasteiger partial charge >= 0.3 is 18.0 Å². The van der Waals surface area contributed by atoms with Gasteiger partial charge in [-0.2, -0.15) is 26.3 Å². The number of anilines is 2. The second-order valence-electron chi connectivity index (χ2n) is 7.51. The van der Waals surface area contributed by atoms with Crippen LogP contribution in [0.3, 0.4) is 0 Å². The van der Waals surface area contributed by atoms with E-state index in [0.717, 1.165) is 25.2 Å². The van der Waals surface area contributed by atoms with E-state index < -0.39 is 18.0 Å². The summed E-state index contributed by atoms with van der Waals surface area (Å²) in [5, 5.41) is 9.25. The third kappa shape index (κ3) is 4.95. The molecule has 1 aliphatic carbocycles. The van der Waals surface area contributed by atoms with Crippen LogP contribution >= 0.6 is 0 Å². The molecule has 1 aliphatic rings. The lowest BCUT2D eigenvalue weighted by atomic mass is 9.96. The molecule has 0 saturated heterocycles. The van der Waals surface area contributed by atoms with Gasteiger partial charge in [0, 0.05) is 28.9 Å². The molecule has 0 aliphatic heterocycles. The van der Waals surface area contributed by atoms with Gasteiger partial charge in [-0.15, -0.1) is 0 Å².